The van der Waals surface area contributed by atoms with Crippen molar-refractivity contribution >= 4 is 35.3 Å². The van der Waals surface area contributed by atoms with Crippen LogP contribution in [0.4, 0.5) is 10.6 Å². The van der Waals surface area contributed by atoms with Crippen LogP contribution in [0.3, 0.4) is 0 Å². The standard InChI is InChI=1S/C20H21ClN4O4/c1-4-20(13-5-7-15(29-3)12(2)9-13)18(27)25(19(28)24-20)11-17(26)23-16-8-6-14(21)10-22-16/h5-10H,4,11H2,1-3H3,(H,24,28)(H,22,23,26). The molecule has 1 aromatic carbocycles. The highest BCUT2D eigenvalue weighted by Crippen LogP contribution is 2.34. The van der Waals surface area contributed by atoms with Crippen LogP contribution in [0, 0.1) is 6.92 Å². The van der Waals surface area contributed by atoms with Crippen LogP contribution in [0.15, 0.2) is 36.5 Å². The van der Waals surface area contributed by atoms with Crippen LogP contribution < -0.4 is 15.4 Å². The minimum Gasteiger partial charge on any atom is -0.496 e. The highest BCUT2D eigenvalue weighted by Gasteiger charge is 2.51. The molecule has 2 aromatic rings. The minimum absolute atomic E-state index is 0.277. The topological polar surface area (TPSA) is 101 Å². The SMILES string of the molecule is CCC1(c2ccc(OC)c(C)c2)NC(=O)N(CC(=O)Nc2ccc(Cl)cn2)C1=O. The van der Waals surface area contributed by atoms with Crippen LogP contribution in [0.1, 0.15) is 24.5 Å². The average molecular weight is 417 g/mol. The van der Waals surface area contributed by atoms with E-state index in [2.05, 4.69) is 15.6 Å². The maximum atomic E-state index is 13.2. The van der Waals surface area contributed by atoms with E-state index in [1.807, 2.05) is 13.0 Å². The molecule has 152 valence electrons. The fourth-order valence-electron chi connectivity index (χ4n) is 3.33. The van der Waals surface area contributed by atoms with E-state index in [4.69, 9.17) is 16.3 Å². The summed E-state index contributed by atoms with van der Waals surface area (Å²) in [5.41, 5.74) is 0.246. The lowest BCUT2D eigenvalue weighted by molar-refractivity contribution is -0.134. The number of methoxy groups -OCH3 is 1. The Morgan fingerprint density at radius 1 is 1.31 bits per heavy atom. The fraction of sp³-hybridized carbons (Fsp3) is 0.300. The Bertz CT molecular complexity index is 963. The van der Waals surface area contributed by atoms with E-state index < -0.39 is 29.9 Å². The first-order chi connectivity index (χ1) is 13.8. The van der Waals surface area contributed by atoms with Gasteiger partial charge in [-0.3, -0.25) is 14.5 Å². The first kappa shape index (κ1) is 20.6. The zero-order chi connectivity index (χ0) is 21.2. The summed E-state index contributed by atoms with van der Waals surface area (Å²) in [5.74, 6) is -0.0580. The van der Waals surface area contributed by atoms with Crippen molar-refractivity contribution in [2.24, 2.45) is 0 Å². The molecule has 2 N–H and O–H groups in total. The van der Waals surface area contributed by atoms with Gasteiger partial charge in [0.2, 0.25) is 5.91 Å². The van der Waals surface area contributed by atoms with Gasteiger partial charge < -0.3 is 15.4 Å². The van der Waals surface area contributed by atoms with Crippen LogP contribution in [-0.4, -0.2) is 41.4 Å². The molecule has 1 aromatic heterocycles. The quantitative estimate of drug-likeness (QED) is 0.705. The molecule has 1 aliphatic rings. The molecule has 0 aliphatic carbocycles. The summed E-state index contributed by atoms with van der Waals surface area (Å²) in [6, 6.07) is 7.79. The van der Waals surface area contributed by atoms with E-state index in [0.717, 1.165) is 10.5 Å². The third kappa shape index (κ3) is 3.88. The lowest BCUT2D eigenvalue weighted by Crippen LogP contribution is -2.44. The molecular formula is C20H21ClN4O4. The van der Waals surface area contributed by atoms with Gasteiger partial charge in [-0.2, -0.15) is 0 Å². The number of aromatic nitrogens is 1. The lowest BCUT2D eigenvalue weighted by Gasteiger charge is -2.26. The Morgan fingerprint density at radius 2 is 2.07 bits per heavy atom. The highest BCUT2D eigenvalue weighted by atomic mass is 35.5. The predicted octanol–water partition coefficient (Wildman–Crippen LogP) is 2.85. The zero-order valence-electron chi connectivity index (χ0n) is 16.3. The summed E-state index contributed by atoms with van der Waals surface area (Å²) in [5, 5.41) is 5.74. The Balaban J connectivity index is 1.81. The molecule has 2 heterocycles. The number of benzene rings is 1. The normalized spacial score (nSPS) is 18.6. The second-order valence-corrected chi connectivity index (χ2v) is 7.11. The lowest BCUT2D eigenvalue weighted by atomic mass is 9.86. The largest absolute Gasteiger partial charge is 0.496 e. The summed E-state index contributed by atoms with van der Waals surface area (Å²) in [6.07, 6.45) is 1.72. The van der Waals surface area contributed by atoms with Crippen molar-refractivity contribution in [3.63, 3.8) is 0 Å². The number of aryl methyl sites for hydroxylation is 1. The molecular weight excluding hydrogens is 396 g/mol. The molecule has 1 aliphatic heterocycles. The summed E-state index contributed by atoms with van der Waals surface area (Å²) in [6.45, 7) is 3.24. The minimum atomic E-state index is -1.23. The fourth-order valence-corrected chi connectivity index (χ4v) is 3.44. The van der Waals surface area contributed by atoms with Crippen molar-refractivity contribution in [3.8, 4) is 5.75 Å². The number of hydrogen-bond donors (Lipinski definition) is 2. The van der Waals surface area contributed by atoms with Crippen molar-refractivity contribution in [2.45, 2.75) is 25.8 Å². The zero-order valence-corrected chi connectivity index (χ0v) is 17.0. The van der Waals surface area contributed by atoms with E-state index in [-0.39, 0.29) is 5.82 Å². The van der Waals surface area contributed by atoms with Crippen molar-refractivity contribution in [1.29, 1.82) is 0 Å². The third-order valence-corrected chi connectivity index (χ3v) is 5.11. The number of imide groups is 1. The summed E-state index contributed by atoms with van der Waals surface area (Å²) in [4.78, 5) is 42.9. The van der Waals surface area contributed by atoms with E-state index in [1.54, 1.807) is 32.2 Å². The molecule has 1 fully saturated rings. The molecule has 4 amide bonds. The second-order valence-electron chi connectivity index (χ2n) is 6.67. The number of rotatable bonds is 6. The molecule has 9 heteroatoms. The van der Waals surface area contributed by atoms with Gasteiger partial charge in [0.15, 0.2) is 0 Å². The second kappa shape index (κ2) is 8.08. The molecule has 8 nitrogen and oxygen atoms in total. The highest BCUT2D eigenvalue weighted by molar-refractivity contribution is 6.30. The molecule has 29 heavy (non-hydrogen) atoms. The van der Waals surface area contributed by atoms with E-state index >= 15 is 0 Å². The van der Waals surface area contributed by atoms with Crippen LogP contribution in [0.25, 0.3) is 0 Å². The van der Waals surface area contributed by atoms with Gasteiger partial charge in [0.05, 0.1) is 12.1 Å². The number of pyridine rings is 1. The van der Waals surface area contributed by atoms with Gasteiger partial charge in [-0.05, 0) is 48.7 Å². The molecule has 0 saturated carbocycles. The third-order valence-electron chi connectivity index (χ3n) is 4.89. The Morgan fingerprint density at radius 3 is 2.66 bits per heavy atom. The molecule has 1 unspecified atom stereocenters. The van der Waals surface area contributed by atoms with Crippen LogP contribution in [-0.2, 0) is 15.1 Å². The molecule has 0 bridgehead atoms. The maximum absolute atomic E-state index is 13.2. The van der Waals surface area contributed by atoms with Gasteiger partial charge in [-0.15, -0.1) is 0 Å². The molecule has 0 radical (unpaired) electrons. The number of carbonyl (C=O) groups excluding carboxylic acids is 3. The average Bonchev–Trinajstić information content (AvgIpc) is 2.94. The van der Waals surface area contributed by atoms with Crippen molar-refractivity contribution in [1.82, 2.24) is 15.2 Å². The number of amides is 4. The van der Waals surface area contributed by atoms with Gasteiger partial charge in [-0.1, -0.05) is 24.6 Å². The van der Waals surface area contributed by atoms with Gasteiger partial charge in [0, 0.05) is 6.20 Å². The van der Waals surface area contributed by atoms with Crippen LogP contribution in [0.2, 0.25) is 5.02 Å². The molecule has 1 atom stereocenters. The molecule has 1 saturated heterocycles. The summed E-state index contributed by atoms with van der Waals surface area (Å²) < 4.78 is 5.27. The van der Waals surface area contributed by atoms with E-state index in [1.165, 1.54) is 12.3 Å². The van der Waals surface area contributed by atoms with Crippen LogP contribution in [0.5, 0.6) is 5.75 Å². The first-order valence-electron chi connectivity index (χ1n) is 9.01. The number of anilines is 1. The number of urea groups is 1. The Kier molecular flexibility index (Phi) is 5.74. The van der Waals surface area contributed by atoms with E-state index in [0.29, 0.717) is 22.8 Å². The smallest absolute Gasteiger partial charge is 0.325 e. The Labute approximate surface area is 173 Å². The number of ether oxygens (including phenoxy) is 1. The van der Waals surface area contributed by atoms with Crippen molar-refractivity contribution in [3.05, 3.63) is 52.7 Å². The predicted molar refractivity (Wildman–Crippen MR) is 108 cm³/mol. The monoisotopic (exact) mass is 416 g/mol. The Hall–Kier alpha value is -3.13. The summed E-state index contributed by atoms with van der Waals surface area (Å²) >= 11 is 5.77. The van der Waals surface area contributed by atoms with E-state index in [9.17, 15) is 14.4 Å². The first-order valence-corrected chi connectivity index (χ1v) is 9.39. The molecule has 0 spiro atoms. The number of carbonyl (C=O) groups is 3. The number of hydrogen-bond acceptors (Lipinski definition) is 5. The van der Waals surface area contributed by atoms with Gasteiger partial charge in [0.1, 0.15) is 23.7 Å². The summed E-state index contributed by atoms with van der Waals surface area (Å²) in [7, 11) is 1.57. The maximum Gasteiger partial charge on any atom is 0.325 e. The van der Waals surface area contributed by atoms with Crippen LogP contribution >= 0.6 is 11.6 Å². The van der Waals surface area contributed by atoms with Crippen molar-refractivity contribution < 1.29 is 19.1 Å². The number of halogens is 1. The van der Waals surface area contributed by atoms with Gasteiger partial charge >= 0.3 is 6.03 Å². The van der Waals surface area contributed by atoms with Gasteiger partial charge in [0.25, 0.3) is 5.91 Å². The van der Waals surface area contributed by atoms with Crippen molar-refractivity contribution in [2.75, 3.05) is 19.0 Å². The van der Waals surface area contributed by atoms with Gasteiger partial charge in [-0.25, -0.2) is 9.78 Å². The molecule has 3 rings (SSSR count). The number of nitrogens with one attached hydrogen (secondary N) is 2. The number of nitrogens with zero attached hydrogens (tertiary/aromatic N) is 2.